The molecular formula is C13H23F3N2O2S. The van der Waals surface area contributed by atoms with Crippen molar-refractivity contribution in [2.45, 2.75) is 45.3 Å². The first-order valence-corrected chi connectivity index (χ1v) is 8.71. The van der Waals surface area contributed by atoms with Crippen LogP contribution in [0.25, 0.3) is 0 Å². The average molecular weight is 328 g/mol. The van der Waals surface area contributed by atoms with E-state index in [1.54, 1.807) is 0 Å². The predicted octanol–water partition coefficient (Wildman–Crippen LogP) is 2.29. The summed E-state index contributed by atoms with van der Waals surface area (Å²) in [5.74, 6) is -0.0119. The maximum atomic E-state index is 12.5. The quantitative estimate of drug-likeness (QED) is 0.576. The van der Waals surface area contributed by atoms with Crippen molar-refractivity contribution in [3.8, 4) is 0 Å². The summed E-state index contributed by atoms with van der Waals surface area (Å²) in [5, 5.41) is 3.19. The Morgan fingerprint density at radius 2 is 2.00 bits per heavy atom. The van der Waals surface area contributed by atoms with Gasteiger partial charge in [-0.1, -0.05) is 19.9 Å². The molecule has 1 aliphatic heterocycles. The average Bonchev–Trinajstić information content (AvgIpc) is 2.37. The Labute approximate surface area is 124 Å². The first kappa shape index (κ1) is 18.4. The largest absolute Gasteiger partial charge is 0.412 e. The molecule has 0 aliphatic carbocycles. The lowest BCUT2D eigenvalue weighted by Crippen LogP contribution is -2.38. The van der Waals surface area contributed by atoms with Crippen LogP contribution >= 0.6 is 0 Å². The van der Waals surface area contributed by atoms with E-state index in [-0.39, 0.29) is 25.3 Å². The third-order valence-electron chi connectivity index (χ3n) is 3.31. The Bertz CT molecular complexity index is 459. The highest BCUT2D eigenvalue weighted by atomic mass is 32.2. The molecule has 1 heterocycles. The molecule has 4 nitrogen and oxygen atoms in total. The van der Waals surface area contributed by atoms with E-state index in [0.29, 0.717) is 12.5 Å². The van der Waals surface area contributed by atoms with E-state index < -0.39 is 21.8 Å². The van der Waals surface area contributed by atoms with E-state index in [1.807, 2.05) is 13.8 Å². The van der Waals surface area contributed by atoms with Crippen molar-refractivity contribution >= 4 is 10.0 Å². The van der Waals surface area contributed by atoms with Crippen molar-refractivity contribution in [3.63, 3.8) is 0 Å². The van der Waals surface area contributed by atoms with E-state index in [1.165, 1.54) is 0 Å². The summed E-state index contributed by atoms with van der Waals surface area (Å²) in [6.07, 6.45) is -2.40. The molecule has 0 aromatic carbocycles. The molecule has 0 saturated carbocycles. The Morgan fingerprint density at radius 1 is 1.33 bits per heavy atom. The summed E-state index contributed by atoms with van der Waals surface area (Å²) in [6.45, 7) is 4.49. The minimum Gasteiger partial charge on any atom is -0.315 e. The fourth-order valence-electron chi connectivity index (χ4n) is 2.09. The minimum atomic E-state index is -4.35. The summed E-state index contributed by atoms with van der Waals surface area (Å²) in [7, 11) is -3.46. The molecule has 21 heavy (non-hydrogen) atoms. The predicted molar refractivity (Wildman–Crippen MR) is 76.5 cm³/mol. The second-order valence-electron chi connectivity index (χ2n) is 5.47. The van der Waals surface area contributed by atoms with Crippen LogP contribution in [-0.4, -0.2) is 50.3 Å². The molecule has 0 fully saturated rings. The molecule has 0 bridgehead atoms. The van der Waals surface area contributed by atoms with Crippen LogP contribution in [0, 0.1) is 0 Å². The van der Waals surface area contributed by atoms with Gasteiger partial charge in [0.2, 0.25) is 10.0 Å². The Hall–Kier alpha value is -0.600. The molecule has 0 atom stereocenters. The molecule has 0 aromatic heterocycles. The molecule has 0 aromatic rings. The van der Waals surface area contributed by atoms with E-state index in [9.17, 15) is 21.6 Å². The van der Waals surface area contributed by atoms with Crippen LogP contribution in [0.4, 0.5) is 13.2 Å². The number of hydrogen-bond acceptors (Lipinski definition) is 3. The van der Waals surface area contributed by atoms with Crippen molar-refractivity contribution in [2.24, 2.45) is 0 Å². The van der Waals surface area contributed by atoms with E-state index in [2.05, 4.69) is 5.32 Å². The van der Waals surface area contributed by atoms with Crippen LogP contribution in [0.1, 0.15) is 33.1 Å². The van der Waals surface area contributed by atoms with Gasteiger partial charge in [0.05, 0.1) is 5.75 Å². The lowest BCUT2D eigenvalue weighted by atomic mass is 10.1. The van der Waals surface area contributed by atoms with Crippen LogP contribution < -0.4 is 5.32 Å². The van der Waals surface area contributed by atoms with Crippen LogP contribution in [0.15, 0.2) is 11.6 Å². The molecule has 0 amide bonds. The molecule has 8 heteroatoms. The zero-order valence-electron chi connectivity index (χ0n) is 12.4. The van der Waals surface area contributed by atoms with Gasteiger partial charge in [0.1, 0.15) is 0 Å². The standard InChI is InChI=1S/C13H23F3N2O2S/c1-11(2)17-7-3-4-10-21(19,20)18-8-5-12(6-9-18)13(14,15)16/h5,11,17H,3-4,6-10H2,1-2H3. The molecule has 1 rings (SSSR count). The first-order chi connectivity index (χ1) is 9.63. The minimum absolute atomic E-state index is 0.0119. The summed E-state index contributed by atoms with van der Waals surface area (Å²) in [4.78, 5) is 0. The highest BCUT2D eigenvalue weighted by Gasteiger charge is 2.36. The van der Waals surface area contributed by atoms with E-state index in [4.69, 9.17) is 0 Å². The van der Waals surface area contributed by atoms with Gasteiger partial charge in [-0.25, -0.2) is 8.42 Å². The maximum absolute atomic E-state index is 12.5. The molecular weight excluding hydrogens is 305 g/mol. The monoisotopic (exact) mass is 328 g/mol. The number of hydrogen-bond donors (Lipinski definition) is 1. The topological polar surface area (TPSA) is 49.4 Å². The number of nitrogens with one attached hydrogen (secondary N) is 1. The number of alkyl halides is 3. The lowest BCUT2D eigenvalue weighted by molar-refractivity contribution is -0.0953. The van der Waals surface area contributed by atoms with Crippen molar-refractivity contribution in [3.05, 3.63) is 11.6 Å². The second kappa shape index (κ2) is 7.60. The van der Waals surface area contributed by atoms with Gasteiger partial charge in [-0.05, 0) is 25.8 Å². The second-order valence-corrected chi connectivity index (χ2v) is 7.56. The third-order valence-corrected chi connectivity index (χ3v) is 5.23. The molecule has 0 spiro atoms. The molecule has 1 N–H and O–H groups in total. The Balaban J connectivity index is 2.41. The van der Waals surface area contributed by atoms with Crippen LogP contribution in [0.2, 0.25) is 0 Å². The third kappa shape index (κ3) is 6.36. The first-order valence-electron chi connectivity index (χ1n) is 7.10. The molecule has 124 valence electrons. The van der Waals surface area contributed by atoms with Crippen LogP contribution in [0.3, 0.4) is 0 Å². The van der Waals surface area contributed by atoms with Crippen molar-refractivity contribution in [2.75, 3.05) is 25.4 Å². The lowest BCUT2D eigenvalue weighted by Gasteiger charge is -2.26. The van der Waals surface area contributed by atoms with E-state index in [0.717, 1.165) is 23.3 Å². The fourth-order valence-corrected chi connectivity index (χ4v) is 3.59. The highest BCUT2D eigenvalue weighted by Crippen LogP contribution is 2.30. The van der Waals surface area contributed by atoms with Gasteiger partial charge in [-0.15, -0.1) is 0 Å². The molecule has 0 radical (unpaired) electrons. The van der Waals surface area contributed by atoms with Crippen molar-refractivity contribution < 1.29 is 21.6 Å². The fraction of sp³-hybridized carbons (Fsp3) is 0.846. The van der Waals surface area contributed by atoms with Gasteiger partial charge in [0.15, 0.2) is 0 Å². The van der Waals surface area contributed by atoms with E-state index >= 15 is 0 Å². The maximum Gasteiger partial charge on any atom is 0.412 e. The van der Waals surface area contributed by atoms with Gasteiger partial charge in [0, 0.05) is 24.7 Å². The summed E-state index contributed by atoms with van der Waals surface area (Å²) in [5.41, 5.74) is -0.630. The van der Waals surface area contributed by atoms with Gasteiger partial charge < -0.3 is 5.32 Å². The SMILES string of the molecule is CC(C)NCCCCS(=O)(=O)N1CC=C(C(F)(F)F)CC1. The van der Waals surface area contributed by atoms with Crippen molar-refractivity contribution in [1.29, 1.82) is 0 Å². The normalized spacial score (nSPS) is 18.1. The smallest absolute Gasteiger partial charge is 0.315 e. The number of halogens is 3. The zero-order valence-corrected chi connectivity index (χ0v) is 13.2. The van der Waals surface area contributed by atoms with Gasteiger partial charge in [-0.2, -0.15) is 17.5 Å². The zero-order chi connectivity index (χ0) is 16.1. The Morgan fingerprint density at radius 3 is 2.48 bits per heavy atom. The molecule has 0 saturated heterocycles. The summed E-state index contributed by atoms with van der Waals surface area (Å²) in [6, 6.07) is 0.356. The van der Waals surface area contributed by atoms with Crippen LogP contribution in [-0.2, 0) is 10.0 Å². The van der Waals surface area contributed by atoms with Gasteiger partial charge in [-0.3, -0.25) is 0 Å². The number of rotatable bonds is 7. The van der Waals surface area contributed by atoms with Crippen LogP contribution in [0.5, 0.6) is 0 Å². The number of sulfonamides is 1. The van der Waals surface area contributed by atoms with Gasteiger partial charge >= 0.3 is 6.18 Å². The highest BCUT2D eigenvalue weighted by molar-refractivity contribution is 7.89. The number of unbranched alkanes of at least 4 members (excludes halogenated alkanes) is 1. The van der Waals surface area contributed by atoms with Crippen molar-refractivity contribution in [1.82, 2.24) is 9.62 Å². The Kier molecular flexibility index (Phi) is 6.68. The number of nitrogens with zero attached hydrogens (tertiary/aromatic N) is 1. The molecule has 0 unspecified atom stereocenters. The molecule has 1 aliphatic rings. The van der Waals surface area contributed by atoms with Gasteiger partial charge in [0.25, 0.3) is 0 Å². The summed E-state index contributed by atoms with van der Waals surface area (Å²) < 4.78 is 62.6. The summed E-state index contributed by atoms with van der Waals surface area (Å²) >= 11 is 0.